The average molecular weight is 264 g/mol. The molecule has 1 atom stereocenters. The molecule has 0 saturated heterocycles. The van der Waals surface area contributed by atoms with Crippen LogP contribution in [0.5, 0.6) is 11.5 Å². The normalized spacial score (nSPS) is 12.5. The van der Waals surface area contributed by atoms with Crippen LogP contribution in [0.25, 0.3) is 0 Å². The summed E-state index contributed by atoms with van der Waals surface area (Å²) in [6.07, 6.45) is -0.803. The summed E-state index contributed by atoms with van der Waals surface area (Å²) in [6.45, 7) is 5.30. The van der Waals surface area contributed by atoms with Crippen LogP contribution in [0, 0.1) is 19.7 Å². The van der Waals surface area contributed by atoms with E-state index in [2.05, 4.69) is 5.10 Å². The first-order chi connectivity index (χ1) is 8.90. The molecule has 102 valence electrons. The standard InChI is InChI=1S/C14H17FN2O2/c1-8-14(9(2)17(4)16-8)19-13-6-5-11(15)7-12(13)10(3)18/h5-7,10,18H,1-4H3/t10-/m0/s1. The van der Waals surface area contributed by atoms with Gasteiger partial charge in [-0.2, -0.15) is 5.10 Å². The summed E-state index contributed by atoms with van der Waals surface area (Å²) in [6, 6.07) is 4.10. The Morgan fingerprint density at radius 2 is 2.05 bits per heavy atom. The maximum absolute atomic E-state index is 13.2. The Balaban J connectivity index is 2.43. The first kappa shape index (κ1) is 13.5. The zero-order valence-corrected chi connectivity index (χ0v) is 11.4. The van der Waals surface area contributed by atoms with E-state index >= 15 is 0 Å². The van der Waals surface area contributed by atoms with Crippen LogP contribution in [0.15, 0.2) is 18.2 Å². The van der Waals surface area contributed by atoms with Crippen LogP contribution >= 0.6 is 0 Å². The minimum atomic E-state index is -0.803. The van der Waals surface area contributed by atoms with Crippen molar-refractivity contribution in [2.45, 2.75) is 26.9 Å². The van der Waals surface area contributed by atoms with Crippen LogP contribution < -0.4 is 4.74 Å². The first-order valence-corrected chi connectivity index (χ1v) is 6.05. The predicted molar refractivity (Wildman–Crippen MR) is 69.8 cm³/mol. The number of rotatable bonds is 3. The van der Waals surface area contributed by atoms with Crippen molar-refractivity contribution in [1.29, 1.82) is 0 Å². The third kappa shape index (κ3) is 2.61. The van der Waals surface area contributed by atoms with E-state index in [-0.39, 0.29) is 0 Å². The molecule has 0 fully saturated rings. The zero-order chi connectivity index (χ0) is 14.2. The lowest BCUT2D eigenvalue weighted by molar-refractivity contribution is 0.195. The lowest BCUT2D eigenvalue weighted by atomic mass is 10.1. The molecule has 0 aliphatic heterocycles. The fourth-order valence-corrected chi connectivity index (χ4v) is 1.95. The number of aromatic nitrogens is 2. The molecule has 0 bridgehead atoms. The van der Waals surface area contributed by atoms with Crippen molar-refractivity contribution in [3.05, 3.63) is 41.0 Å². The number of hydrogen-bond donors (Lipinski definition) is 1. The molecule has 1 N–H and O–H groups in total. The molecule has 4 nitrogen and oxygen atoms in total. The second kappa shape index (κ2) is 5.01. The van der Waals surface area contributed by atoms with E-state index in [4.69, 9.17) is 4.74 Å². The average Bonchev–Trinajstić information content (AvgIpc) is 2.57. The van der Waals surface area contributed by atoms with E-state index in [1.54, 1.807) is 11.6 Å². The highest BCUT2D eigenvalue weighted by atomic mass is 19.1. The Kier molecular flexibility index (Phi) is 3.57. The summed E-state index contributed by atoms with van der Waals surface area (Å²) in [5.41, 5.74) is 2.04. The van der Waals surface area contributed by atoms with Crippen molar-refractivity contribution in [3.63, 3.8) is 0 Å². The lowest BCUT2D eigenvalue weighted by Gasteiger charge is -2.13. The summed E-state index contributed by atoms with van der Waals surface area (Å²) in [7, 11) is 1.83. The Morgan fingerprint density at radius 3 is 2.58 bits per heavy atom. The number of hydrogen-bond acceptors (Lipinski definition) is 3. The molecule has 19 heavy (non-hydrogen) atoms. The molecule has 0 aliphatic rings. The third-order valence-corrected chi connectivity index (χ3v) is 3.08. The van der Waals surface area contributed by atoms with Crippen molar-refractivity contribution < 1.29 is 14.2 Å². The van der Waals surface area contributed by atoms with E-state index in [1.165, 1.54) is 18.2 Å². The number of nitrogens with zero attached hydrogens (tertiary/aromatic N) is 2. The van der Waals surface area contributed by atoms with Crippen molar-refractivity contribution in [3.8, 4) is 11.5 Å². The number of benzene rings is 1. The molecule has 2 rings (SSSR count). The van der Waals surface area contributed by atoms with Crippen LogP contribution in [0.2, 0.25) is 0 Å². The first-order valence-electron chi connectivity index (χ1n) is 6.05. The Hall–Kier alpha value is -1.88. The third-order valence-electron chi connectivity index (χ3n) is 3.08. The summed E-state index contributed by atoms with van der Waals surface area (Å²) >= 11 is 0. The topological polar surface area (TPSA) is 47.3 Å². The van der Waals surface area contributed by atoms with Crippen LogP contribution in [-0.2, 0) is 7.05 Å². The molecule has 0 unspecified atom stereocenters. The van der Waals surface area contributed by atoms with E-state index in [1.807, 2.05) is 20.9 Å². The largest absolute Gasteiger partial charge is 0.453 e. The smallest absolute Gasteiger partial charge is 0.171 e. The number of ether oxygens (including phenoxy) is 1. The summed E-state index contributed by atoms with van der Waals surface area (Å²) in [4.78, 5) is 0. The molecule has 0 radical (unpaired) electrons. The summed E-state index contributed by atoms with van der Waals surface area (Å²) < 4.78 is 20.7. The second-order valence-electron chi connectivity index (χ2n) is 4.58. The molecule has 0 spiro atoms. The maximum Gasteiger partial charge on any atom is 0.171 e. The highest BCUT2D eigenvalue weighted by Gasteiger charge is 2.16. The molecule has 0 aliphatic carbocycles. The fourth-order valence-electron chi connectivity index (χ4n) is 1.95. The van der Waals surface area contributed by atoms with Crippen molar-refractivity contribution in [1.82, 2.24) is 9.78 Å². The number of aryl methyl sites for hydroxylation is 2. The second-order valence-corrected chi connectivity index (χ2v) is 4.58. The van der Waals surface area contributed by atoms with Crippen LogP contribution in [-0.4, -0.2) is 14.9 Å². The fraction of sp³-hybridized carbons (Fsp3) is 0.357. The number of aliphatic hydroxyl groups is 1. The summed E-state index contributed by atoms with van der Waals surface area (Å²) in [5.74, 6) is 0.675. The predicted octanol–water partition coefficient (Wildman–Crippen LogP) is 3.02. The molecule has 0 amide bonds. The van der Waals surface area contributed by atoms with E-state index < -0.39 is 11.9 Å². The van der Waals surface area contributed by atoms with Crippen molar-refractivity contribution in [2.24, 2.45) is 7.05 Å². The summed E-state index contributed by atoms with van der Waals surface area (Å²) in [5, 5.41) is 13.9. The van der Waals surface area contributed by atoms with Gasteiger partial charge < -0.3 is 9.84 Å². The minimum Gasteiger partial charge on any atom is -0.453 e. The van der Waals surface area contributed by atoms with Gasteiger partial charge in [0, 0.05) is 12.6 Å². The van der Waals surface area contributed by atoms with Gasteiger partial charge >= 0.3 is 0 Å². The highest BCUT2D eigenvalue weighted by molar-refractivity contribution is 5.42. The Morgan fingerprint density at radius 1 is 1.37 bits per heavy atom. The van der Waals surface area contributed by atoms with E-state index in [9.17, 15) is 9.50 Å². The van der Waals surface area contributed by atoms with Gasteiger partial charge in [-0.1, -0.05) is 0 Å². The molecular weight excluding hydrogens is 247 g/mol. The van der Waals surface area contributed by atoms with Crippen molar-refractivity contribution >= 4 is 0 Å². The number of aliphatic hydroxyl groups excluding tert-OH is 1. The molecule has 1 aromatic heterocycles. The Labute approximate surface area is 111 Å². The quantitative estimate of drug-likeness (QED) is 0.927. The monoisotopic (exact) mass is 264 g/mol. The van der Waals surface area contributed by atoms with Gasteiger partial charge in [0.1, 0.15) is 17.3 Å². The van der Waals surface area contributed by atoms with Gasteiger partial charge in [-0.25, -0.2) is 4.39 Å². The van der Waals surface area contributed by atoms with Gasteiger partial charge in [0.2, 0.25) is 0 Å². The number of halogens is 1. The van der Waals surface area contributed by atoms with E-state index in [0.29, 0.717) is 17.1 Å². The minimum absolute atomic E-state index is 0.400. The molecule has 2 aromatic rings. The van der Waals surface area contributed by atoms with Crippen LogP contribution in [0.4, 0.5) is 4.39 Å². The van der Waals surface area contributed by atoms with Gasteiger partial charge in [-0.05, 0) is 39.0 Å². The van der Waals surface area contributed by atoms with Gasteiger partial charge in [0.15, 0.2) is 5.75 Å². The Bertz CT molecular complexity index is 606. The zero-order valence-electron chi connectivity index (χ0n) is 11.4. The molecule has 5 heteroatoms. The van der Waals surface area contributed by atoms with Crippen LogP contribution in [0.3, 0.4) is 0 Å². The highest BCUT2D eigenvalue weighted by Crippen LogP contribution is 2.33. The maximum atomic E-state index is 13.2. The lowest BCUT2D eigenvalue weighted by Crippen LogP contribution is -1.98. The van der Waals surface area contributed by atoms with Crippen LogP contribution in [0.1, 0.15) is 30.0 Å². The van der Waals surface area contributed by atoms with Gasteiger partial charge in [0.25, 0.3) is 0 Å². The van der Waals surface area contributed by atoms with Gasteiger partial charge in [-0.3, -0.25) is 4.68 Å². The SMILES string of the molecule is Cc1nn(C)c(C)c1Oc1ccc(F)cc1[C@H](C)O. The van der Waals surface area contributed by atoms with Gasteiger partial charge in [0.05, 0.1) is 11.8 Å². The van der Waals surface area contributed by atoms with Crippen molar-refractivity contribution in [2.75, 3.05) is 0 Å². The molecular formula is C14H17FN2O2. The molecule has 1 heterocycles. The van der Waals surface area contributed by atoms with Gasteiger partial charge in [-0.15, -0.1) is 0 Å². The van der Waals surface area contributed by atoms with E-state index in [0.717, 1.165) is 11.4 Å². The molecule has 1 aromatic carbocycles. The molecule has 0 saturated carbocycles.